The molecule has 0 fully saturated rings. The summed E-state index contributed by atoms with van der Waals surface area (Å²) in [5.74, 6) is 0.504. The summed E-state index contributed by atoms with van der Waals surface area (Å²) < 4.78 is 1.95. The Bertz CT molecular complexity index is 777. The number of hydrogen-bond donors (Lipinski definition) is 2. The van der Waals surface area contributed by atoms with Crippen LogP contribution in [0.5, 0.6) is 0 Å². The molecule has 0 bridgehead atoms. The van der Waals surface area contributed by atoms with Crippen molar-refractivity contribution in [2.75, 3.05) is 0 Å². The van der Waals surface area contributed by atoms with Gasteiger partial charge in [-0.3, -0.25) is 4.79 Å². The van der Waals surface area contributed by atoms with E-state index in [9.17, 15) is 4.79 Å². The van der Waals surface area contributed by atoms with E-state index in [2.05, 4.69) is 37.6 Å². The summed E-state index contributed by atoms with van der Waals surface area (Å²) in [6.07, 6.45) is 4.08. The number of hydrogen-bond acceptors (Lipinski definition) is 4. The van der Waals surface area contributed by atoms with Gasteiger partial charge >= 0.3 is 0 Å². The number of H-pyrrole nitrogens is 1. The van der Waals surface area contributed by atoms with Crippen molar-refractivity contribution in [1.29, 1.82) is 0 Å². The van der Waals surface area contributed by atoms with E-state index in [1.54, 1.807) is 6.33 Å². The first kappa shape index (κ1) is 15.0. The van der Waals surface area contributed by atoms with Crippen molar-refractivity contribution >= 4 is 5.91 Å². The predicted molar refractivity (Wildman–Crippen MR) is 84.7 cm³/mol. The summed E-state index contributed by atoms with van der Waals surface area (Å²) in [5, 5.41) is 10.8. The van der Waals surface area contributed by atoms with Gasteiger partial charge < -0.3 is 14.9 Å². The fraction of sp³-hybridized carbons (Fsp3) is 0.250. The van der Waals surface area contributed by atoms with Gasteiger partial charge in [0.2, 0.25) is 0 Å². The molecule has 3 aromatic rings. The summed E-state index contributed by atoms with van der Waals surface area (Å²) in [4.78, 5) is 19.0. The molecule has 1 aromatic carbocycles. The van der Waals surface area contributed by atoms with Crippen molar-refractivity contribution < 1.29 is 4.79 Å². The maximum absolute atomic E-state index is 12.1. The summed E-state index contributed by atoms with van der Waals surface area (Å²) >= 11 is 0. The molecule has 0 aliphatic rings. The molecule has 23 heavy (non-hydrogen) atoms. The molecule has 7 nitrogen and oxygen atoms in total. The van der Waals surface area contributed by atoms with E-state index in [0.717, 1.165) is 24.5 Å². The number of aromatic amines is 1. The molecule has 2 aromatic heterocycles. The molecule has 0 atom stereocenters. The zero-order valence-electron chi connectivity index (χ0n) is 12.9. The van der Waals surface area contributed by atoms with E-state index in [1.165, 1.54) is 11.9 Å². The van der Waals surface area contributed by atoms with Gasteiger partial charge in [-0.15, -0.1) is 10.2 Å². The number of imidazole rings is 1. The number of nitrogens with one attached hydrogen (secondary N) is 2. The number of amides is 1. The highest BCUT2D eigenvalue weighted by Crippen LogP contribution is 2.04. The molecule has 0 aliphatic carbocycles. The summed E-state index contributed by atoms with van der Waals surface area (Å²) in [5.41, 5.74) is 2.40. The Morgan fingerprint density at radius 3 is 2.87 bits per heavy atom. The number of benzene rings is 1. The molecule has 0 radical (unpaired) electrons. The molecule has 0 spiro atoms. The van der Waals surface area contributed by atoms with Crippen LogP contribution < -0.4 is 5.32 Å². The standard InChI is InChI=1S/C16H18N6O/c1-12-15(19-10-18-12)16(23)17-9-14-21-20-11-22(14)8-7-13-5-3-2-4-6-13/h2-6,10-11H,7-9H2,1H3,(H,17,23)(H,18,19). The van der Waals surface area contributed by atoms with Crippen LogP contribution in [0.1, 0.15) is 27.6 Å². The van der Waals surface area contributed by atoms with Gasteiger partial charge in [-0.2, -0.15) is 0 Å². The van der Waals surface area contributed by atoms with Gasteiger partial charge in [0.25, 0.3) is 5.91 Å². The minimum absolute atomic E-state index is 0.221. The Hall–Kier alpha value is -2.96. The Balaban J connectivity index is 1.58. The monoisotopic (exact) mass is 310 g/mol. The molecule has 2 heterocycles. The molecular weight excluding hydrogens is 292 g/mol. The molecule has 7 heteroatoms. The fourth-order valence-corrected chi connectivity index (χ4v) is 2.33. The average molecular weight is 310 g/mol. The van der Waals surface area contributed by atoms with Crippen LogP contribution in [0, 0.1) is 6.92 Å². The number of carbonyl (C=O) groups excluding carboxylic acids is 1. The van der Waals surface area contributed by atoms with E-state index in [4.69, 9.17) is 0 Å². The van der Waals surface area contributed by atoms with Crippen LogP contribution >= 0.6 is 0 Å². The molecule has 0 saturated carbocycles. The summed E-state index contributed by atoms with van der Waals surface area (Å²) in [6, 6.07) is 10.2. The number of aromatic nitrogens is 5. The zero-order chi connectivity index (χ0) is 16.1. The van der Waals surface area contributed by atoms with E-state index in [0.29, 0.717) is 12.2 Å². The van der Waals surface area contributed by atoms with Gasteiger partial charge in [0.1, 0.15) is 12.0 Å². The number of aryl methyl sites for hydroxylation is 3. The van der Waals surface area contributed by atoms with E-state index >= 15 is 0 Å². The maximum Gasteiger partial charge on any atom is 0.272 e. The van der Waals surface area contributed by atoms with E-state index in [-0.39, 0.29) is 5.91 Å². The second kappa shape index (κ2) is 6.87. The summed E-state index contributed by atoms with van der Waals surface area (Å²) in [6.45, 7) is 2.90. The highest BCUT2D eigenvalue weighted by molar-refractivity contribution is 5.93. The van der Waals surface area contributed by atoms with Crippen LogP contribution in [0.25, 0.3) is 0 Å². The first-order valence-corrected chi connectivity index (χ1v) is 7.43. The molecule has 118 valence electrons. The third-order valence-electron chi connectivity index (χ3n) is 3.63. The fourth-order valence-electron chi connectivity index (χ4n) is 2.33. The number of rotatable bonds is 6. The highest BCUT2D eigenvalue weighted by atomic mass is 16.1. The molecule has 2 N–H and O–H groups in total. The van der Waals surface area contributed by atoms with E-state index in [1.807, 2.05) is 29.7 Å². The van der Waals surface area contributed by atoms with Crippen molar-refractivity contribution in [2.24, 2.45) is 0 Å². The normalized spacial score (nSPS) is 10.7. The first-order valence-electron chi connectivity index (χ1n) is 7.43. The Kier molecular flexibility index (Phi) is 4.46. The third-order valence-corrected chi connectivity index (χ3v) is 3.63. The average Bonchev–Trinajstić information content (AvgIpc) is 3.20. The second-order valence-corrected chi connectivity index (χ2v) is 5.23. The van der Waals surface area contributed by atoms with Gasteiger partial charge in [-0.05, 0) is 18.9 Å². The van der Waals surface area contributed by atoms with Gasteiger partial charge in [0.15, 0.2) is 5.82 Å². The highest BCUT2D eigenvalue weighted by Gasteiger charge is 2.12. The van der Waals surface area contributed by atoms with Crippen molar-refractivity contribution in [3.63, 3.8) is 0 Å². The second-order valence-electron chi connectivity index (χ2n) is 5.23. The Labute approximate surface area is 133 Å². The molecule has 1 amide bonds. The minimum atomic E-state index is -0.221. The number of carbonyl (C=O) groups is 1. The van der Waals surface area contributed by atoms with Gasteiger partial charge in [0, 0.05) is 12.2 Å². The Morgan fingerprint density at radius 1 is 1.30 bits per heavy atom. The summed E-state index contributed by atoms with van der Waals surface area (Å²) in [7, 11) is 0. The van der Waals surface area contributed by atoms with E-state index < -0.39 is 0 Å². The lowest BCUT2D eigenvalue weighted by atomic mass is 10.1. The largest absolute Gasteiger partial charge is 0.348 e. The van der Waals surface area contributed by atoms with Crippen molar-refractivity contribution in [2.45, 2.75) is 26.4 Å². The van der Waals surface area contributed by atoms with Gasteiger partial charge in [-0.1, -0.05) is 30.3 Å². The Morgan fingerprint density at radius 2 is 2.13 bits per heavy atom. The van der Waals surface area contributed by atoms with Crippen LogP contribution in [0.3, 0.4) is 0 Å². The smallest absolute Gasteiger partial charge is 0.272 e. The maximum atomic E-state index is 12.1. The topological polar surface area (TPSA) is 88.5 Å². The minimum Gasteiger partial charge on any atom is -0.348 e. The lowest BCUT2D eigenvalue weighted by Gasteiger charge is -2.07. The zero-order valence-corrected chi connectivity index (χ0v) is 12.9. The lowest BCUT2D eigenvalue weighted by Crippen LogP contribution is -2.25. The molecule has 0 unspecified atom stereocenters. The first-order chi connectivity index (χ1) is 11.2. The predicted octanol–water partition coefficient (Wildman–Crippen LogP) is 1.48. The van der Waals surface area contributed by atoms with Crippen LogP contribution in [-0.2, 0) is 19.5 Å². The number of nitrogens with zero attached hydrogens (tertiary/aromatic N) is 4. The van der Waals surface area contributed by atoms with Gasteiger partial charge in [-0.25, -0.2) is 4.98 Å². The molecular formula is C16H18N6O. The van der Waals surface area contributed by atoms with Crippen LogP contribution in [0.2, 0.25) is 0 Å². The SMILES string of the molecule is Cc1[nH]cnc1C(=O)NCc1nncn1CCc1ccccc1. The third kappa shape index (κ3) is 3.63. The van der Waals surface area contributed by atoms with Gasteiger partial charge in [0.05, 0.1) is 12.9 Å². The van der Waals surface area contributed by atoms with Crippen LogP contribution in [-0.4, -0.2) is 30.6 Å². The lowest BCUT2D eigenvalue weighted by molar-refractivity contribution is 0.0944. The molecule has 0 saturated heterocycles. The quantitative estimate of drug-likeness (QED) is 0.722. The molecule has 3 rings (SSSR count). The van der Waals surface area contributed by atoms with Crippen molar-refractivity contribution in [1.82, 2.24) is 30.0 Å². The van der Waals surface area contributed by atoms with Crippen molar-refractivity contribution in [3.8, 4) is 0 Å². The van der Waals surface area contributed by atoms with Crippen molar-refractivity contribution in [3.05, 3.63) is 65.8 Å². The molecule has 0 aliphatic heterocycles. The van der Waals surface area contributed by atoms with Crippen LogP contribution in [0.15, 0.2) is 43.0 Å². The van der Waals surface area contributed by atoms with Crippen LogP contribution in [0.4, 0.5) is 0 Å².